The maximum atomic E-state index is 6.09. The van der Waals surface area contributed by atoms with Gasteiger partial charge in [-0.2, -0.15) is 0 Å². The van der Waals surface area contributed by atoms with Crippen LogP contribution in [-0.2, 0) is 6.42 Å². The Kier molecular flexibility index (Phi) is 8.70. The second-order valence-corrected chi connectivity index (χ2v) is 13.9. The Morgan fingerprint density at radius 1 is 0.556 bits per heavy atom. The van der Waals surface area contributed by atoms with Crippen LogP contribution in [0.4, 0.5) is 11.4 Å². The van der Waals surface area contributed by atoms with Gasteiger partial charge < -0.3 is 9.32 Å². The van der Waals surface area contributed by atoms with Gasteiger partial charge in [0.2, 0.25) is 0 Å². The first-order valence-electron chi connectivity index (χ1n) is 18.5. The molecule has 9 rings (SSSR count). The smallest absolute Gasteiger partial charge is 0.134 e. The number of furan rings is 1. The Labute approximate surface area is 316 Å². The van der Waals surface area contributed by atoms with Gasteiger partial charge in [-0.25, -0.2) is 0 Å². The van der Waals surface area contributed by atoms with Gasteiger partial charge in [0.25, 0.3) is 0 Å². The number of allylic oxidation sites excluding steroid dienone is 3. The third kappa shape index (κ3) is 6.29. The molecule has 1 heterocycles. The monoisotopic (exact) mass is 693 g/mol. The van der Waals surface area contributed by atoms with Crippen LogP contribution in [0.1, 0.15) is 23.1 Å². The van der Waals surface area contributed by atoms with E-state index in [2.05, 4.69) is 182 Å². The number of benzene rings is 8. The minimum Gasteiger partial charge on any atom is -0.464 e. The van der Waals surface area contributed by atoms with Crippen molar-refractivity contribution >= 4 is 65.9 Å². The lowest BCUT2D eigenvalue weighted by atomic mass is 9.96. The highest BCUT2D eigenvalue weighted by molar-refractivity contribution is 6.09. The quantitative estimate of drug-likeness (QED) is 0.105. The van der Waals surface area contributed by atoms with E-state index in [1.165, 1.54) is 43.4 Å². The molecule has 0 unspecified atom stereocenters. The van der Waals surface area contributed by atoms with Crippen LogP contribution in [-0.4, -0.2) is 0 Å². The van der Waals surface area contributed by atoms with Gasteiger partial charge in [0.15, 0.2) is 0 Å². The molecule has 0 amide bonds. The van der Waals surface area contributed by atoms with E-state index < -0.39 is 0 Å². The molecule has 258 valence electrons. The third-order valence-electron chi connectivity index (χ3n) is 10.5. The van der Waals surface area contributed by atoms with E-state index in [9.17, 15) is 0 Å². The highest BCUT2D eigenvalue weighted by Crippen LogP contribution is 2.40. The molecule has 0 radical (unpaired) electrons. The van der Waals surface area contributed by atoms with Crippen molar-refractivity contribution in [1.29, 1.82) is 0 Å². The first kappa shape index (κ1) is 33.0. The zero-order valence-corrected chi connectivity index (χ0v) is 30.1. The van der Waals surface area contributed by atoms with Crippen molar-refractivity contribution in [1.82, 2.24) is 0 Å². The van der Waals surface area contributed by atoms with E-state index in [0.29, 0.717) is 0 Å². The second-order valence-electron chi connectivity index (χ2n) is 13.9. The molecule has 0 spiro atoms. The van der Waals surface area contributed by atoms with Crippen LogP contribution < -0.4 is 4.90 Å². The van der Waals surface area contributed by atoms with Crippen LogP contribution >= 0.6 is 0 Å². The van der Waals surface area contributed by atoms with E-state index in [0.717, 1.165) is 63.1 Å². The van der Waals surface area contributed by atoms with Crippen LogP contribution in [0, 0.1) is 0 Å². The molecule has 0 saturated carbocycles. The van der Waals surface area contributed by atoms with Crippen molar-refractivity contribution in [2.24, 2.45) is 0 Å². The van der Waals surface area contributed by atoms with E-state index in [1.54, 1.807) is 0 Å². The summed E-state index contributed by atoms with van der Waals surface area (Å²) in [7, 11) is 0. The lowest BCUT2D eigenvalue weighted by molar-refractivity contribution is 0.614. The van der Waals surface area contributed by atoms with Crippen molar-refractivity contribution in [3.8, 4) is 11.1 Å². The summed E-state index contributed by atoms with van der Waals surface area (Å²) in [6, 6.07) is 60.8. The Hall–Kier alpha value is -6.90. The number of fused-ring (bicyclic) bond motifs is 5. The molecule has 0 aliphatic heterocycles. The fourth-order valence-electron chi connectivity index (χ4n) is 7.69. The largest absolute Gasteiger partial charge is 0.464 e. The molecule has 8 aromatic carbocycles. The normalized spacial score (nSPS) is 11.7. The van der Waals surface area contributed by atoms with E-state index in [1.807, 2.05) is 24.5 Å². The first-order chi connectivity index (χ1) is 26.6. The summed E-state index contributed by atoms with van der Waals surface area (Å²) in [6.45, 7) is 8.64. The molecular weight excluding hydrogens is 655 g/mol. The number of para-hydroxylation sites is 1. The standard InChI is InChI=1S/C52H39NO/c1-3-11-51(50-35-54-52-19-9-8-18-48(50)52)53(45-30-28-38(29-31-45)36(2)20-21-37-22-23-39-12-4-5-14-42(39)32-37)46-16-10-15-43(33-46)44-27-26-41-25-24-40-13-6-7-17-47(40)49(41)34-44/h3-19,22-35H,1-2,20-21H2/b51-11+. The molecule has 1 aromatic heterocycles. The molecule has 0 N–H and O–H groups in total. The van der Waals surface area contributed by atoms with Crippen LogP contribution in [0.25, 0.3) is 65.7 Å². The van der Waals surface area contributed by atoms with Crippen molar-refractivity contribution in [2.45, 2.75) is 12.8 Å². The van der Waals surface area contributed by atoms with Gasteiger partial charge in [-0.15, -0.1) is 0 Å². The number of aryl methyl sites for hydroxylation is 1. The second kappa shape index (κ2) is 14.3. The van der Waals surface area contributed by atoms with Gasteiger partial charge in [-0.3, -0.25) is 0 Å². The summed E-state index contributed by atoms with van der Waals surface area (Å²) >= 11 is 0. The Morgan fingerprint density at radius 2 is 1.24 bits per heavy atom. The number of rotatable bonds is 10. The molecule has 0 aliphatic rings. The minimum absolute atomic E-state index is 0.845. The van der Waals surface area contributed by atoms with Crippen LogP contribution in [0.3, 0.4) is 0 Å². The summed E-state index contributed by atoms with van der Waals surface area (Å²) < 4.78 is 6.09. The lowest BCUT2D eigenvalue weighted by Gasteiger charge is -2.28. The fourth-order valence-corrected chi connectivity index (χ4v) is 7.69. The van der Waals surface area contributed by atoms with Crippen LogP contribution in [0.15, 0.2) is 206 Å². The van der Waals surface area contributed by atoms with Gasteiger partial charge in [0.1, 0.15) is 11.8 Å². The summed E-state index contributed by atoms with van der Waals surface area (Å²) in [4.78, 5) is 2.31. The van der Waals surface area contributed by atoms with Crippen LogP contribution in [0.5, 0.6) is 0 Å². The topological polar surface area (TPSA) is 16.4 Å². The van der Waals surface area contributed by atoms with Crippen molar-refractivity contribution < 1.29 is 4.42 Å². The van der Waals surface area contributed by atoms with E-state index >= 15 is 0 Å². The number of hydrogen-bond acceptors (Lipinski definition) is 2. The molecule has 0 atom stereocenters. The molecule has 9 aromatic rings. The lowest BCUT2D eigenvalue weighted by Crippen LogP contribution is -2.15. The molecule has 0 saturated heterocycles. The number of hydrogen-bond donors (Lipinski definition) is 0. The molecule has 54 heavy (non-hydrogen) atoms. The zero-order valence-electron chi connectivity index (χ0n) is 30.1. The molecule has 0 aliphatic carbocycles. The van der Waals surface area contributed by atoms with Gasteiger partial charge in [-0.1, -0.05) is 153 Å². The molecule has 2 heteroatoms. The number of nitrogens with zero attached hydrogens (tertiary/aromatic N) is 1. The Bertz CT molecular complexity index is 2870. The van der Waals surface area contributed by atoms with Crippen molar-refractivity contribution in [3.63, 3.8) is 0 Å². The zero-order chi connectivity index (χ0) is 36.4. The van der Waals surface area contributed by atoms with Crippen LogP contribution in [0.2, 0.25) is 0 Å². The maximum absolute atomic E-state index is 6.09. The average molecular weight is 694 g/mol. The average Bonchev–Trinajstić information content (AvgIpc) is 3.67. The molecule has 0 bridgehead atoms. The number of anilines is 2. The summed E-state index contributed by atoms with van der Waals surface area (Å²) in [6.07, 6.45) is 7.60. The van der Waals surface area contributed by atoms with Crippen molar-refractivity contribution in [3.05, 3.63) is 218 Å². The predicted molar refractivity (Wildman–Crippen MR) is 231 cm³/mol. The SMILES string of the molecule is C=C/C=C(\c1coc2ccccc12)N(c1ccc(C(=C)CCc2ccc3ccccc3c2)cc1)c1cccc(-c2ccc3ccc4ccccc4c3c2)c1. The van der Waals surface area contributed by atoms with Gasteiger partial charge >= 0.3 is 0 Å². The fraction of sp³-hybridized carbons (Fsp3) is 0.0385. The molecule has 0 fully saturated rings. The Morgan fingerprint density at radius 3 is 2.07 bits per heavy atom. The summed E-state index contributed by atoms with van der Waals surface area (Å²) in [5.74, 6) is 0. The van der Waals surface area contributed by atoms with Gasteiger partial charge in [0, 0.05) is 22.3 Å². The minimum atomic E-state index is 0.845. The van der Waals surface area contributed by atoms with Crippen molar-refractivity contribution in [2.75, 3.05) is 4.90 Å². The highest BCUT2D eigenvalue weighted by atomic mass is 16.3. The van der Waals surface area contributed by atoms with E-state index in [4.69, 9.17) is 4.42 Å². The predicted octanol–water partition coefficient (Wildman–Crippen LogP) is 14.6. The third-order valence-corrected chi connectivity index (χ3v) is 10.5. The van der Waals surface area contributed by atoms with Gasteiger partial charge in [-0.05, 0) is 115 Å². The highest BCUT2D eigenvalue weighted by Gasteiger charge is 2.21. The summed E-state index contributed by atoms with van der Waals surface area (Å²) in [5.41, 5.74) is 10.8. The molecule has 2 nitrogen and oxygen atoms in total. The van der Waals surface area contributed by atoms with E-state index in [-0.39, 0.29) is 0 Å². The maximum Gasteiger partial charge on any atom is 0.134 e. The van der Waals surface area contributed by atoms with Gasteiger partial charge in [0.05, 0.1) is 5.70 Å². The first-order valence-corrected chi connectivity index (χ1v) is 18.5. The summed E-state index contributed by atoms with van der Waals surface area (Å²) in [5, 5.41) is 8.58. The Balaban J connectivity index is 1.09. The molecular formula is C52H39NO.